The number of fused-ring (bicyclic) bond motifs is 5. The number of aliphatic imine (C=N–C) groups is 1. The third-order valence-corrected chi connectivity index (χ3v) is 5.17. The van der Waals surface area contributed by atoms with Gasteiger partial charge < -0.3 is 24.7 Å². The average molecular weight is 393 g/mol. The van der Waals surface area contributed by atoms with Crippen LogP contribution in [0.25, 0.3) is 11.0 Å². The molecule has 0 unspecified atom stereocenters. The molecule has 0 aliphatic carbocycles. The molecule has 3 aliphatic heterocycles. The molecular weight excluding hydrogens is 374 g/mol. The van der Waals surface area contributed by atoms with E-state index in [2.05, 4.69) is 10.3 Å². The van der Waals surface area contributed by atoms with Gasteiger partial charge in [-0.15, -0.1) is 0 Å². The molecule has 0 amide bonds. The maximum atomic E-state index is 6.06. The van der Waals surface area contributed by atoms with Gasteiger partial charge in [-0.25, -0.2) is 9.98 Å². The van der Waals surface area contributed by atoms with Crippen molar-refractivity contribution in [2.75, 3.05) is 31.7 Å². The van der Waals surface area contributed by atoms with Crippen LogP contribution in [0, 0.1) is 0 Å². The summed E-state index contributed by atoms with van der Waals surface area (Å²) in [5, 5.41) is 3.06. The molecule has 0 radical (unpaired) electrons. The number of imidazole rings is 1. The van der Waals surface area contributed by atoms with Gasteiger partial charge in [0.15, 0.2) is 35.1 Å². The summed E-state index contributed by atoms with van der Waals surface area (Å²) in [6, 6.07) is 9.68. The summed E-state index contributed by atoms with van der Waals surface area (Å²) in [7, 11) is 0. The Hall–Kier alpha value is -3.62. The van der Waals surface area contributed by atoms with E-state index in [0.29, 0.717) is 55.6 Å². The number of aromatic nitrogens is 2. The van der Waals surface area contributed by atoms with Crippen LogP contribution in [0.15, 0.2) is 35.3 Å². The van der Waals surface area contributed by atoms with Crippen molar-refractivity contribution in [3.05, 3.63) is 35.9 Å². The summed E-state index contributed by atoms with van der Waals surface area (Å²) in [4.78, 5) is 9.34. The molecule has 3 aromatic rings. The monoisotopic (exact) mass is 393 g/mol. The van der Waals surface area contributed by atoms with Crippen molar-refractivity contribution in [1.29, 1.82) is 0 Å². The van der Waals surface area contributed by atoms with Crippen LogP contribution in [0.4, 0.5) is 5.95 Å². The minimum absolute atomic E-state index is 0.307. The molecule has 4 heterocycles. The van der Waals surface area contributed by atoms with Crippen LogP contribution < -0.4 is 30.0 Å². The normalized spacial score (nSPS) is 19.7. The highest BCUT2D eigenvalue weighted by Gasteiger charge is 2.28. The molecule has 1 atom stereocenters. The number of hydrogen-bond acceptors (Lipinski definition) is 8. The number of anilines is 1. The third kappa shape index (κ3) is 2.61. The van der Waals surface area contributed by atoms with Crippen molar-refractivity contribution in [1.82, 2.24) is 9.55 Å². The van der Waals surface area contributed by atoms with Crippen LogP contribution in [0.1, 0.15) is 18.2 Å². The molecule has 0 fully saturated rings. The van der Waals surface area contributed by atoms with Gasteiger partial charge in [0.05, 0.1) is 24.2 Å². The van der Waals surface area contributed by atoms with Crippen LogP contribution >= 0.6 is 0 Å². The van der Waals surface area contributed by atoms with Gasteiger partial charge in [0.1, 0.15) is 13.2 Å². The first-order valence-electron chi connectivity index (χ1n) is 9.58. The summed E-state index contributed by atoms with van der Waals surface area (Å²) in [6.07, 6.45) is 0.455. The summed E-state index contributed by atoms with van der Waals surface area (Å²) < 4.78 is 25.1. The quantitative estimate of drug-likeness (QED) is 0.653. The van der Waals surface area contributed by atoms with Crippen LogP contribution in [0.2, 0.25) is 0 Å². The summed E-state index contributed by atoms with van der Waals surface area (Å²) in [5.41, 5.74) is 8.65. The second-order valence-electron chi connectivity index (χ2n) is 7.06. The number of nitrogens with two attached hydrogens (primary N) is 1. The standard InChI is InChI=1S/C20H19N5O4/c21-19-23-18(11-2-3-14-15(8-11)29-7-6-28-14)25-13-10-17-16(26-4-1-5-27-17)9-12(13)22-20(25)24-19/h2-3,8-10,18H,1,4-7H2,(H3,21,22,23,24)/t18-/m1/s1. The maximum Gasteiger partial charge on any atom is 0.212 e. The summed E-state index contributed by atoms with van der Waals surface area (Å²) in [6.45, 7) is 2.32. The number of guanidine groups is 1. The first-order valence-corrected chi connectivity index (χ1v) is 9.58. The summed E-state index contributed by atoms with van der Waals surface area (Å²) in [5.74, 6) is 3.78. The van der Waals surface area contributed by atoms with Crippen molar-refractivity contribution in [2.45, 2.75) is 12.6 Å². The molecule has 9 heteroatoms. The number of ether oxygens (including phenoxy) is 4. The lowest BCUT2D eigenvalue weighted by Crippen LogP contribution is -2.31. The molecule has 3 aliphatic rings. The molecular formula is C20H19N5O4. The Balaban J connectivity index is 1.51. The number of nitrogens with one attached hydrogen (secondary N) is 1. The highest BCUT2D eigenvalue weighted by molar-refractivity contribution is 5.95. The van der Waals surface area contributed by atoms with Gasteiger partial charge in [-0.2, -0.15) is 0 Å². The number of rotatable bonds is 1. The van der Waals surface area contributed by atoms with Crippen molar-refractivity contribution in [3.8, 4) is 23.0 Å². The molecule has 0 saturated heterocycles. The zero-order valence-electron chi connectivity index (χ0n) is 15.6. The lowest BCUT2D eigenvalue weighted by molar-refractivity contribution is 0.171. The van der Waals surface area contributed by atoms with Crippen molar-refractivity contribution < 1.29 is 18.9 Å². The van der Waals surface area contributed by atoms with E-state index in [1.807, 2.05) is 34.9 Å². The molecule has 148 valence electrons. The molecule has 1 aromatic heterocycles. The first-order chi connectivity index (χ1) is 14.3. The predicted molar refractivity (Wildman–Crippen MR) is 106 cm³/mol. The molecule has 6 rings (SSSR count). The van der Waals surface area contributed by atoms with Gasteiger partial charge in [-0.05, 0) is 12.1 Å². The second-order valence-corrected chi connectivity index (χ2v) is 7.06. The lowest BCUT2D eigenvalue weighted by atomic mass is 10.1. The highest BCUT2D eigenvalue weighted by Crippen LogP contribution is 2.40. The van der Waals surface area contributed by atoms with Gasteiger partial charge in [-0.3, -0.25) is 9.88 Å². The molecule has 2 aromatic carbocycles. The fourth-order valence-corrected chi connectivity index (χ4v) is 3.87. The fourth-order valence-electron chi connectivity index (χ4n) is 3.87. The minimum atomic E-state index is -0.392. The van der Waals surface area contributed by atoms with E-state index >= 15 is 0 Å². The Labute approximate surface area is 166 Å². The topological polar surface area (TPSA) is 105 Å². The fraction of sp³-hybridized carbons (Fsp3) is 0.300. The molecule has 29 heavy (non-hydrogen) atoms. The minimum Gasteiger partial charge on any atom is -0.489 e. The Kier molecular flexibility index (Phi) is 3.49. The van der Waals surface area contributed by atoms with Gasteiger partial charge in [0.2, 0.25) is 5.95 Å². The molecule has 3 N–H and O–H groups in total. The van der Waals surface area contributed by atoms with Gasteiger partial charge in [0, 0.05) is 24.1 Å². The van der Waals surface area contributed by atoms with E-state index < -0.39 is 6.17 Å². The smallest absolute Gasteiger partial charge is 0.212 e. The van der Waals surface area contributed by atoms with Crippen LogP contribution in [0.3, 0.4) is 0 Å². The predicted octanol–water partition coefficient (Wildman–Crippen LogP) is 2.26. The molecule has 0 bridgehead atoms. The average Bonchev–Trinajstić information content (AvgIpc) is 2.92. The summed E-state index contributed by atoms with van der Waals surface area (Å²) >= 11 is 0. The van der Waals surface area contributed by atoms with Gasteiger partial charge >= 0.3 is 0 Å². The second kappa shape index (κ2) is 6.20. The van der Waals surface area contributed by atoms with E-state index in [-0.39, 0.29) is 0 Å². The van der Waals surface area contributed by atoms with E-state index in [9.17, 15) is 0 Å². The Bertz CT molecular complexity index is 1160. The Morgan fingerprint density at radius 2 is 1.62 bits per heavy atom. The van der Waals surface area contributed by atoms with Crippen molar-refractivity contribution in [3.63, 3.8) is 0 Å². The van der Waals surface area contributed by atoms with Gasteiger partial charge in [-0.1, -0.05) is 6.07 Å². The van der Waals surface area contributed by atoms with Gasteiger partial charge in [0.25, 0.3) is 0 Å². The van der Waals surface area contributed by atoms with E-state index in [0.717, 1.165) is 28.8 Å². The Morgan fingerprint density at radius 3 is 2.48 bits per heavy atom. The largest absolute Gasteiger partial charge is 0.489 e. The van der Waals surface area contributed by atoms with Crippen LogP contribution in [-0.2, 0) is 0 Å². The molecule has 9 nitrogen and oxygen atoms in total. The van der Waals surface area contributed by atoms with E-state index in [4.69, 9.17) is 29.7 Å². The van der Waals surface area contributed by atoms with E-state index in [1.165, 1.54) is 0 Å². The number of benzene rings is 2. The number of hydrogen-bond donors (Lipinski definition) is 2. The third-order valence-electron chi connectivity index (χ3n) is 5.17. The lowest BCUT2D eigenvalue weighted by Gasteiger charge is -2.25. The zero-order chi connectivity index (χ0) is 19.4. The Morgan fingerprint density at radius 1 is 0.897 bits per heavy atom. The van der Waals surface area contributed by atoms with Crippen molar-refractivity contribution in [2.24, 2.45) is 10.7 Å². The zero-order valence-corrected chi connectivity index (χ0v) is 15.6. The maximum absolute atomic E-state index is 6.06. The van der Waals surface area contributed by atoms with Crippen LogP contribution in [-0.4, -0.2) is 41.9 Å². The SMILES string of the molecule is NC1=N[C@@H](c2ccc3c(c2)OCCO3)n2c(nc3cc4c(cc32)OCCCO4)N1. The number of nitrogens with zero attached hydrogens (tertiary/aromatic N) is 3. The van der Waals surface area contributed by atoms with Crippen molar-refractivity contribution >= 4 is 22.9 Å². The van der Waals surface area contributed by atoms with E-state index in [1.54, 1.807) is 0 Å². The first kappa shape index (κ1) is 16.3. The molecule has 0 saturated carbocycles. The highest BCUT2D eigenvalue weighted by atomic mass is 16.6. The van der Waals surface area contributed by atoms with Crippen LogP contribution in [0.5, 0.6) is 23.0 Å². The molecule has 0 spiro atoms.